The molecule has 0 aliphatic carbocycles. The number of thiophene rings is 1. The molecule has 9 heteroatoms. The van der Waals surface area contributed by atoms with Crippen LogP contribution in [0, 0.1) is 0 Å². The normalized spacial score (nSPS) is 14.3. The van der Waals surface area contributed by atoms with Gasteiger partial charge in [0.15, 0.2) is 0 Å². The van der Waals surface area contributed by atoms with Gasteiger partial charge in [-0.25, -0.2) is 4.79 Å². The first kappa shape index (κ1) is 24.9. The topological polar surface area (TPSA) is 75.6 Å². The largest absolute Gasteiger partial charge is 0.478 e. The number of alkyl halides is 3. The minimum Gasteiger partial charge on any atom is -0.478 e. The number of aromatic carboxylic acids is 1. The van der Waals surface area contributed by atoms with Crippen molar-refractivity contribution in [2.24, 2.45) is 0 Å². The van der Waals surface area contributed by atoms with Crippen LogP contribution in [0.4, 0.5) is 13.2 Å². The number of amides is 1. The fourth-order valence-electron chi connectivity index (χ4n) is 4.16. The Balaban J connectivity index is 1.54. The van der Waals surface area contributed by atoms with Gasteiger partial charge in [-0.15, -0.1) is 11.3 Å². The predicted molar refractivity (Wildman–Crippen MR) is 126 cm³/mol. The van der Waals surface area contributed by atoms with Gasteiger partial charge in [-0.05, 0) is 61.1 Å². The van der Waals surface area contributed by atoms with Crippen molar-refractivity contribution in [1.82, 2.24) is 5.32 Å². The minimum atomic E-state index is -4.40. The molecule has 184 valence electrons. The molecule has 5 nitrogen and oxygen atoms in total. The van der Waals surface area contributed by atoms with Gasteiger partial charge in [0.2, 0.25) is 0 Å². The highest BCUT2D eigenvalue weighted by Gasteiger charge is 2.30. The second kappa shape index (κ2) is 10.2. The third kappa shape index (κ3) is 5.74. The molecule has 2 N–H and O–H groups in total. The van der Waals surface area contributed by atoms with Crippen LogP contribution in [0.5, 0.6) is 0 Å². The molecule has 35 heavy (non-hydrogen) atoms. The number of carboxylic acids is 1. The first-order valence-corrected chi connectivity index (χ1v) is 12.0. The Labute approximate surface area is 204 Å². The number of hydrogen-bond acceptors (Lipinski definition) is 4. The molecule has 0 bridgehead atoms. The van der Waals surface area contributed by atoms with Gasteiger partial charge in [-0.1, -0.05) is 30.3 Å². The van der Waals surface area contributed by atoms with Crippen molar-refractivity contribution in [3.05, 3.63) is 91.7 Å². The molecule has 0 saturated heterocycles. The van der Waals surface area contributed by atoms with Crippen molar-refractivity contribution in [1.29, 1.82) is 0 Å². The number of fused-ring (bicyclic) bond motifs is 1. The molecule has 0 spiro atoms. The number of carbonyl (C=O) groups excluding carboxylic acids is 1. The van der Waals surface area contributed by atoms with Crippen LogP contribution in [0.25, 0.3) is 0 Å². The first-order valence-electron chi connectivity index (χ1n) is 11.1. The highest BCUT2D eigenvalue weighted by molar-refractivity contribution is 7.12. The molecule has 3 aromatic rings. The summed E-state index contributed by atoms with van der Waals surface area (Å²) in [5, 5.41) is 12.1. The standard InChI is InChI=1S/C26H24F3NO4S/c1-15(17-6-8-18(9-7-17)25(32)33)30-24(31)23-20-11-12-34-14-22(20)35-21(23)10-5-16-3-2-4-19(13-16)26(27,28)29/h2-4,6-9,13,15H,5,10-12,14H2,1H3,(H,30,31)(H,32,33). The molecule has 0 saturated carbocycles. The molecule has 0 radical (unpaired) electrons. The van der Waals surface area contributed by atoms with Gasteiger partial charge in [0, 0.05) is 9.75 Å². The molecule has 2 aromatic carbocycles. The summed E-state index contributed by atoms with van der Waals surface area (Å²) in [5.74, 6) is -1.27. The minimum absolute atomic E-state index is 0.163. The molecule has 1 aliphatic rings. The maximum absolute atomic E-state index is 13.4. The number of carboxylic acid groups (broad SMARTS) is 1. The third-order valence-corrected chi connectivity index (χ3v) is 7.29. The average molecular weight is 504 g/mol. The summed E-state index contributed by atoms with van der Waals surface area (Å²) in [6.45, 7) is 2.73. The van der Waals surface area contributed by atoms with Gasteiger partial charge in [-0.2, -0.15) is 13.2 Å². The van der Waals surface area contributed by atoms with Crippen LogP contribution in [0.1, 0.15) is 65.7 Å². The van der Waals surface area contributed by atoms with E-state index in [1.807, 2.05) is 6.92 Å². The predicted octanol–water partition coefficient (Wildman–Crippen LogP) is 5.81. The van der Waals surface area contributed by atoms with Crippen molar-refractivity contribution in [3.8, 4) is 0 Å². The van der Waals surface area contributed by atoms with E-state index in [0.717, 1.165) is 33.0 Å². The van der Waals surface area contributed by atoms with Crippen molar-refractivity contribution in [3.63, 3.8) is 0 Å². The zero-order valence-electron chi connectivity index (χ0n) is 18.9. The van der Waals surface area contributed by atoms with Crippen LogP contribution in [0.2, 0.25) is 0 Å². The summed E-state index contributed by atoms with van der Waals surface area (Å²) >= 11 is 1.47. The Morgan fingerprint density at radius 2 is 1.89 bits per heavy atom. The lowest BCUT2D eigenvalue weighted by molar-refractivity contribution is -0.137. The summed E-state index contributed by atoms with van der Waals surface area (Å²) in [7, 11) is 0. The van der Waals surface area contributed by atoms with Crippen LogP contribution >= 0.6 is 11.3 Å². The molecule has 4 rings (SSSR count). The van der Waals surface area contributed by atoms with E-state index in [0.29, 0.717) is 43.6 Å². The van der Waals surface area contributed by atoms with Crippen molar-refractivity contribution >= 4 is 23.2 Å². The van der Waals surface area contributed by atoms with Gasteiger partial charge in [0.05, 0.1) is 35.9 Å². The lowest BCUT2D eigenvalue weighted by Crippen LogP contribution is -2.28. The smallest absolute Gasteiger partial charge is 0.416 e. The van der Waals surface area contributed by atoms with Crippen LogP contribution in [-0.2, 0) is 36.8 Å². The van der Waals surface area contributed by atoms with E-state index >= 15 is 0 Å². The fraction of sp³-hybridized carbons (Fsp3) is 0.308. The summed E-state index contributed by atoms with van der Waals surface area (Å²) in [6.07, 6.45) is -3.00. The molecular weight excluding hydrogens is 479 g/mol. The highest BCUT2D eigenvalue weighted by atomic mass is 32.1. The zero-order chi connectivity index (χ0) is 25.2. The van der Waals surface area contributed by atoms with Crippen molar-refractivity contribution < 1.29 is 32.6 Å². The first-order chi connectivity index (χ1) is 16.6. The maximum Gasteiger partial charge on any atom is 0.416 e. The number of hydrogen-bond donors (Lipinski definition) is 2. The monoisotopic (exact) mass is 503 g/mol. The van der Waals surface area contributed by atoms with Crippen molar-refractivity contribution in [2.45, 2.75) is 45.0 Å². The van der Waals surface area contributed by atoms with E-state index in [9.17, 15) is 22.8 Å². The van der Waals surface area contributed by atoms with E-state index in [4.69, 9.17) is 9.84 Å². The number of carbonyl (C=O) groups is 2. The Hall–Kier alpha value is -3.17. The number of nitrogens with one attached hydrogen (secondary N) is 1. The molecule has 1 aliphatic heterocycles. The number of ether oxygens (including phenoxy) is 1. The molecular formula is C26H24F3NO4S. The molecule has 1 aromatic heterocycles. The number of aryl methyl sites for hydroxylation is 2. The SMILES string of the molecule is CC(NC(=O)c1c(CCc2cccc(C(F)(F)F)c2)sc2c1CCOC2)c1ccc(C(=O)O)cc1. The Kier molecular flexibility index (Phi) is 7.28. The van der Waals surface area contributed by atoms with E-state index < -0.39 is 17.7 Å². The maximum atomic E-state index is 13.4. The van der Waals surface area contributed by atoms with Crippen LogP contribution in [0.15, 0.2) is 48.5 Å². The lowest BCUT2D eigenvalue weighted by Gasteiger charge is -2.18. The van der Waals surface area contributed by atoms with Crippen LogP contribution < -0.4 is 5.32 Å². The number of benzene rings is 2. The third-order valence-electron chi connectivity index (χ3n) is 6.02. The number of halogens is 3. The summed E-state index contributed by atoms with van der Waals surface area (Å²) in [5.41, 5.74) is 2.31. The van der Waals surface area contributed by atoms with Gasteiger partial charge >= 0.3 is 12.1 Å². The van der Waals surface area contributed by atoms with Gasteiger partial charge in [-0.3, -0.25) is 4.79 Å². The van der Waals surface area contributed by atoms with Crippen LogP contribution in [0.3, 0.4) is 0 Å². The highest BCUT2D eigenvalue weighted by Crippen LogP contribution is 2.34. The fourth-order valence-corrected chi connectivity index (χ4v) is 5.45. The zero-order valence-corrected chi connectivity index (χ0v) is 19.8. The Morgan fingerprint density at radius 3 is 2.57 bits per heavy atom. The molecule has 1 unspecified atom stereocenters. The lowest BCUT2D eigenvalue weighted by atomic mass is 9.99. The van der Waals surface area contributed by atoms with E-state index in [1.165, 1.54) is 29.5 Å². The van der Waals surface area contributed by atoms with E-state index in [1.54, 1.807) is 18.2 Å². The summed E-state index contributed by atoms with van der Waals surface area (Å²) in [6, 6.07) is 11.2. The van der Waals surface area contributed by atoms with E-state index in [-0.39, 0.29) is 17.5 Å². The quantitative estimate of drug-likeness (QED) is 0.427. The van der Waals surface area contributed by atoms with Crippen LogP contribution in [-0.4, -0.2) is 23.6 Å². The number of rotatable bonds is 7. The van der Waals surface area contributed by atoms with Gasteiger partial charge in [0.25, 0.3) is 5.91 Å². The van der Waals surface area contributed by atoms with Crippen molar-refractivity contribution in [2.75, 3.05) is 6.61 Å². The summed E-state index contributed by atoms with van der Waals surface area (Å²) in [4.78, 5) is 26.2. The summed E-state index contributed by atoms with van der Waals surface area (Å²) < 4.78 is 44.8. The van der Waals surface area contributed by atoms with Gasteiger partial charge in [0.1, 0.15) is 0 Å². The second-order valence-corrected chi connectivity index (χ2v) is 9.61. The molecule has 2 heterocycles. The van der Waals surface area contributed by atoms with E-state index in [2.05, 4.69) is 5.32 Å². The molecule has 1 amide bonds. The second-order valence-electron chi connectivity index (χ2n) is 8.43. The molecule has 1 atom stereocenters. The Morgan fingerprint density at radius 1 is 1.14 bits per heavy atom. The van der Waals surface area contributed by atoms with Gasteiger partial charge < -0.3 is 15.2 Å². The Bertz CT molecular complexity index is 1230. The molecule has 0 fully saturated rings. The average Bonchev–Trinajstić information content (AvgIpc) is 3.21.